The predicted molar refractivity (Wildman–Crippen MR) is 86.7 cm³/mol. The van der Waals surface area contributed by atoms with Crippen molar-refractivity contribution in [3.8, 4) is 6.07 Å². The number of aryl methyl sites for hydroxylation is 1. The SMILES string of the molecule is Cc1oncc1C(=O)NC1CCN(C(=O)c2sccc2C#N)CC1. The van der Waals surface area contributed by atoms with Crippen LogP contribution < -0.4 is 5.32 Å². The summed E-state index contributed by atoms with van der Waals surface area (Å²) in [5, 5.41) is 17.3. The number of aromatic nitrogens is 1. The smallest absolute Gasteiger partial charge is 0.265 e. The van der Waals surface area contributed by atoms with Crippen LogP contribution in [0.5, 0.6) is 0 Å². The van der Waals surface area contributed by atoms with Gasteiger partial charge >= 0.3 is 0 Å². The molecule has 3 rings (SSSR count). The van der Waals surface area contributed by atoms with Crippen LogP contribution in [-0.2, 0) is 0 Å². The number of carbonyl (C=O) groups is 2. The molecule has 0 unspecified atom stereocenters. The topological polar surface area (TPSA) is 99.2 Å². The number of rotatable bonds is 3. The molecule has 8 heteroatoms. The van der Waals surface area contributed by atoms with Crippen molar-refractivity contribution in [1.82, 2.24) is 15.4 Å². The monoisotopic (exact) mass is 344 g/mol. The number of hydrogen-bond acceptors (Lipinski definition) is 6. The van der Waals surface area contributed by atoms with Crippen molar-refractivity contribution in [3.05, 3.63) is 39.4 Å². The van der Waals surface area contributed by atoms with Crippen LogP contribution in [0.2, 0.25) is 0 Å². The molecule has 1 fully saturated rings. The number of thiophene rings is 1. The number of amides is 2. The van der Waals surface area contributed by atoms with Crippen molar-refractivity contribution in [2.24, 2.45) is 0 Å². The van der Waals surface area contributed by atoms with Crippen molar-refractivity contribution < 1.29 is 14.1 Å². The van der Waals surface area contributed by atoms with E-state index in [4.69, 9.17) is 9.78 Å². The van der Waals surface area contributed by atoms with Gasteiger partial charge in [-0.05, 0) is 31.2 Å². The fourth-order valence-electron chi connectivity index (χ4n) is 2.71. The minimum Gasteiger partial charge on any atom is -0.361 e. The van der Waals surface area contributed by atoms with E-state index in [0.717, 1.165) is 0 Å². The van der Waals surface area contributed by atoms with Gasteiger partial charge in [-0.3, -0.25) is 9.59 Å². The van der Waals surface area contributed by atoms with Crippen LogP contribution in [0, 0.1) is 18.3 Å². The number of nitriles is 1. The van der Waals surface area contributed by atoms with Gasteiger partial charge in [-0.2, -0.15) is 5.26 Å². The van der Waals surface area contributed by atoms with Crippen LogP contribution in [0.25, 0.3) is 0 Å². The molecule has 0 saturated carbocycles. The summed E-state index contributed by atoms with van der Waals surface area (Å²) in [6, 6.07) is 3.71. The van der Waals surface area contributed by atoms with Gasteiger partial charge in [0.2, 0.25) is 0 Å². The third kappa shape index (κ3) is 3.16. The molecule has 1 aliphatic rings. The van der Waals surface area contributed by atoms with Crippen molar-refractivity contribution in [2.75, 3.05) is 13.1 Å². The lowest BCUT2D eigenvalue weighted by Gasteiger charge is -2.32. The molecule has 1 aliphatic heterocycles. The summed E-state index contributed by atoms with van der Waals surface area (Å²) in [6.07, 6.45) is 2.76. The van der Waals surface area contributed by atoms with E-state index in [9.17, 15) is 9.59 Å². The zero-order valence-electron chi connectivity index (χ0n) is 13.1. The average Bonchev–Trinajstić information content (AvgIpc) is 3.23. The predicted octanol–water partition coefficient (Wildman–Crippen LogP) is 1.95. The largest absolute Gasteiger partial charge is 0.361 e. The zero-order chi connectivity index (χ0) is 17.1. The Morgan fingerprint density at radius 2 is 2.21 bits per heavy atom. The summed E-state index contributed by atoms with van der Waals surface area (Å²) in [4.78, 5) is 26.9. The number of hydrogen-bond donors (Lipinski definition) is 1. The quantitative estimate of drug-likeness (QED) is 0.917. The molecule has 0 bridgehead atoms. The van der Waals surface area contributed by atoms with Gasteiger partial charge in [-0.15, -0.1) is 11.3 Å². The van der Waals surface area contributed by atoms with E-state index in [1.165, 1.54) is 17.5 Å². The Balaban J connectivity index is 1.56. The van der Waals surface area contributed by atoms with Gasteiger partial charge in [0, 0.05) is 19.1 Å². The van der Waals surface area contributed by atoms with Crippen LogP contribution in [0.15, 0.2) is 22.2 Å². The van der Waals surface area contributed by atoms with Gasteiger partial charge in [0.05, 0.1) is 11.8 Å². The van der Waals surface area contributed by atoms with Gasteiger partial charge in [0.1, 0.15) is 22.3 Å². The first-order valence-electron chi connectivity index (χ1n) is 7.59. The van der Waals surface area contributed by atoms with E-state index in [1.54, 1.807) is 23.3 Å². The molecule has 3 heterocycles. The molecule has 0 aromatic carbocycles. The summed E-state index contributed by atoms with van der Waals surface area (Å²) in [7, 11) is 0. The number of likely N-dealkylation sites (tertiary alicyclic amines) is 1. The highest BCUT2D eigenvalue weighted by atomic mass is 32.1. The standard InChI is InChI=1S/C16H16N4O3S/c1-10-13(9-18-23-10)15(21)19-12-2-5-20(6-3-12)16(22)14-11(8-17)4-7-24-14/h4,7,9,12H,2-3,5-6H2,1H3,(H,19,21). The second kappa shape index (κ2) is 6.84. The Hall–Kier alpha value is -2.66. The van der Waals surface area contributed by atoms with Gasteiger partial charge in [0.25, 0.3) is 11.8 Å². The van der Waals surface area contributed by atoms with Crippen LogP contribution in [0.4, 0.5) is 0 Å². The van der Waals surface area contributed by atoms with Crippen molar-refractivity contribution in [3.63, 3.8) is 0 Å². The third-order valence-corrected chi connectivity index (χ3v) is 5.00. The van der Waals surface area contributed by atoms with Crippen molar-refractivity contribution in [2.45, 2.75) is 25.8 Å². The Morgan fingerprint density at radius 1 is 1.46 bits per heavy atom. The summed E-state index contributed by atoms with van der Waals surface area (Å²) in [6.45, 7) is 2.79. The molecule has 2 aromatic rings. The molecule has 0 radical (unpaired) electrons. The van der Waals surface area contributed by atoms with E-state index in [2.05, 4.69) is 10.5 Å². The first kappa shape index (κ1) is 16.2. The summed E-state index contributed by atoms with van der Waals surface area (Å²) >= 11 is 1.29. The molecule has 1 N–H and O–H groups in total. The maximum Gasteiger partial charge on any atom is 0.265 e. The van der Waals surface area contributed by atoms with Gasteiger partial charge in [-0.25, -0.2) is 0 Å². The molecule has 1 saturated heterocycles. The molecule has 2 aromatic heterocycles. The highest BCUT2D eigenvalue weighted by Gasteiger charge is 2.27. The van der Waals surface area contributed by atoms with Gasteiger partial charge in [-0.1, -0.05) is 5.16 Å². The number of carbonyl (C=O) groups excluding carboxylic acids is 2. The molecule has 0 aliphatic carbocycles. The maximum atomic E-state index is 12.5. The highest BCUT2D eigenvalue weighted by Crippen LogP contribution is 2.21. The molecule has 124 valence electrons. The Labute approximate surface area is 142 Å². The summed E-state index contributed by atoms with van der Waals surface area (Å²) < 4.78 is 4.90. The number of nitrogens with one attached hydrogen (secondary N) is 1. The Kier molecular flexibility index (Phi) is 4.62. The fraction of sp³-hybridized carbons (Fsp3) is 0.375. The Morgan fingerprint density at radius 3 is 2.83 bits per heavy atom. The minimum absolute atomic E-state index is 0.00891. The molecular formula is C16H16N4O3S. The first-order valence-corrected chi connectivity index (χ1v) is 8.47. The lowest BCUT2D eigenvalue weighted by atomic mass is 10.0. The average molecular weight is 344 g/mol. The van der Waals surface area contributed by atoms with Crippen LogP contribution in [0.3, 0.4) is 0 Å². The first-order chi connectivity index (χ1) is 11.6. The molecular weight excluding hydrogens is 328 g/mol. The zero-order valence-corrected chi connectivity index (χ0v) is 13.9. The maximum absolute atomic E-state index is 12.5. The Bertz CT molecular complexity index is 796. The fourth-order valence-corrected chi connectivity index (χ4v) is 3.52. The van der Waals surface area contributed by atoms with Gasteiger partial charge < -0.3 is 14.7 Å². The second-order valence-electron chi connectivity index (χ2n) is 5.61. The normalized spacial score (nSPS) is 15.1. The molecule has 24 heavy (non-hydrogen) atoms. The van der Waals surface area contributed by atoms with Crippen LogP contribution >= 0.6 is 11.3 Å². The second-order valence-corrected chi connectivity index (χ2v) is 6.53. The van der Waals surface area contributed by atoms with Crippen molar-refractivity contribution >= 4 is 23.2 Å². The van der Waals surface area contributed by atoms with E-state index in [1.807, 2.05) is 6.07 Å². The molecule has 7 nitrogen and oxygen atoms in total. The third-order valence-electron chi connectivity index (χ3n) is 4.09. The van der Waals surface area contributed by atoms with E-state index in [-0.39, 0.29) is 17.9 Å². The van der Waals surface area contributed by atoms with E-state index >= 15 is 0 Å². The van der Waals surface area contributed by atoms with Crippen molar-refractivity contribution in [1.29, 1.82) is 5.26 Å². The van der Waals surface area contributed by atoms with Crippen LogP contribution in [0.1, 0.15) is 44.2 Å². The summed E-state index contributed by atoms with van der Waals surface area (Å²) in [5.41, 5.74) is 0.856. The summed E-state index contributed by atoms with van der Waals surface area (Å²) in [5.74, 6) is 0.173. The number of nitrogens with zero attached hydrogens (tertiary/aromatic N) is 3. The van der Waals surface area contributed by atoms with Crippen LogP contribution in [-0.4, -0.2) is 41.0 Å². The molecule has 0 spiro atoms. The van der Waals surface area contributed by atoms with E-state index < -0.39 is 0 Å². The van der Waals surface area contributed by atoms with Gasteiger partial charge in [0.15, 0.2) is 0 Å². The molecule has 2 amide bonds. The number of piperidine rings is 1. The highest BCUT2D eigenvalue weighted by molar-refractivity contribution is 7.12. The minimum atomic E-state index is -0.205. The lowest BCUT2D eigenvalue weighted by molar-refractivity contribution is 0.0702. The lowest BCUT2D eigenvalue weighted by Crippen LogP contribution is -2.46. The molecule has 0 atom stereocenters. The van der Waals surface area contributed by atoms with E-state index in [0.29, 0.717) is 47.7 Å².